The average Bonchev–Trinajstić information content (AvgIpc) is 3.32. The summed E-state index contributed by atoms with van der Waals surface area (Å²) in [5.74, 6) is 0.0118. The van der Waals surface area contributed by atoms with Crippen molar-refractivity contribution in [1.82, 2.24) is 4.98 Å². The van der Waals surface area contributed by atoms with Crippen LogP contribution in [0.25, 0.3) is 10.6 Å². The van der Waals surface area contributed by atoms with Gasteiger partial charge in [-0.2, -0.15) is 0 Å². The second kappa shape index (κ2) is 7.48. The minimum atomic E-state index is -4.84. The highest BCUT2D eigenvalue weighted by Crippen LogP contribution is 2.48. The fourth-order valence-electron chi connectivity index (χ4n) is 3.00. The largest absolute Gasteiger partial charge is 0.573 e. The van der Waals surface area contributed by atoms with E-state index in [9.17, 15) is 13.2 Å². The van der Waals surface area contributed by atoms with Gasteiger partial charge in [0, 0.05) is 35.5 Å². The fourth-order valence-corrected chi connectivity index (χ4v) is 3.71. The van der Waals surface area contributed by atoms with Crippen molar-refractivity contribution in [3.63, 3.8) is 0 Å². The van der Waals surface area contributed by atoms with Crippen molar-refractivity contribution in [2.24, 2.45) is 10.9 Å². The Kier molecular flexibility index (Phi) is 5.55. The summed E-state index contributed by atoms with van der Waals surface area (Å²) in [5, 5.41) is 2.54. The molecule has 0 bridgehead atoms. The van der Waals surface area contributed by atoms with Crippen LogP contribution in [0.4, 0.5) is 18.9 Å². The molecular formula is C20H23F3N2O2S. The number of thiazole rings is 1. The molecule has 0 atom stereocenters. The van der Waals surface area contributed by atoms with E-state index in [0.29, 0.717) is 16.5 Å². The molecule has 152 valence electrons. The Morgan fingerprint density at radius 1 is 1.29 bits per heavy atom. The van der Waals surface area contributed by atoms with Crippen molar-refractivity contribution in [3.05, 3.63) is 28.8 Å². The SMILES string of the molecule is COC(C)(C)c1cc(-c2nccs2)c(C)c(N=C(C)C2CC2)c1OC(F)(F)F. The summed E-state index contributed by atoms with van der Waals surface area (Å²) in [6.07, 6.45) is -1.16. The Morgan fingerprint density at radius 3 is 2.46 bits per heavy atom. The predicted molar refractivity (Wildman–Crippen MR) is 104 cm³/mol. The first-order valence-corrected chi connectivity index (χ1v) is 9.85. The molecule has 3 rings (SSSR count). The second-order valence-electron chi connectivity index (χ2n) is 7.40. The smallest absolute Gasteiger partial charge is 0.403 e. The zero-order chi connectivity index (χ0) is 20.7. The third-order valence-electron chi connectivity index (χ3n) is 5.00. The highest BCUT2D eigenvalue weighted by atomic mass is 32.1. The van der Waals surface area contributed by atoms with E-state index in [1.807, 2.05) is 12.3 Å². The average molecular weight is 412 g/mol. The maximum atomic E-state index is 13.3. The van der Waals surface area contributed by atoms with Crippen molar-refractivity contribution in [1.29, 1.82) is 0 Å². The highest BCUT2D eigenvalue weighted by Gasteiger charge is 2.38. The molecule has 1 fully saturated rings. The normalized spacial score (nSPS) is 15.8. The van der Waals surface area contributed by atoms with Crippen LogP contribution in [0.2, 0.25) is 0 Å². The Hall–Kier alpha value is -1.93. The number of ether oxygens (including phenoxy) is 2. The van der Waals surface area contributed by atoms with Crippen LogP contribution in [0.15, 0.2) is 22.6 Å². The van der Waals surface area contributed by atoms with Gasteiger partial charge in [0.25, 0.3) is 0 Å². The van der Waals surface area contributed by atoms with E-state index in [1.165, 1.54) is 18.4 Å². The van der Waals surface area contributed by atoms with E-state index in [2.05, 4.69) is 14.7 Å². The van der Waals surface area contributed by atoms with Gasteiger partial charge in [-0.15, -0.1) is 24.5 Å². The first-order chi connectivity index (χ1) is 13.0. The molecule has 0 spiro atoms. The minimum absolute atomic E-state index is 0.189. The van der Waals surface area contributed by atoms with E-state index < -0.39 is 12.0 Å². The molecule has 0 saturated heterocycles. The molecule has 0 amide bonds. The van der Waals surface area contributed by atoms with Crippen LogP contribution in [-0.4, -0.2) is 24.2 Å². The molecule has 0 aliphatic heterocycles. The number of benzene rings is 1. The first kappa shape index (κ1) is 20.8. The second-order valence-corrected chi connectivity index (χ2v) is 8.30. The van der Waals surface area contributed by atoms with E-state index in [0.717, 1.165) is 24.1 Å². The lowest BCUT2D eigenvalue weighted by Gasteiger charge is -2.29. The molecule has 1 saturated carbocycles. The lowest BCUT2D eigenvalue weighted by molar-refractivity contribution is -0.275. The van der Waals surface area contributed by atoms with Crippen LogP contribution in [-0.2, 0) is 10.3 Å². The molecule has 4 nitrogen and oxygen atoms in total. The monoisotopic (exact) mass is 412 g/mol. The van der Waals surface area contributed by atoms with Gasteiger partial charge in [0.2, 0.25) is 0 Å². The summed E-state index contributed by atoms with van der Waals surface area (Å²) >= 11 is 1.42. The molecule has 1 aliphatic rings. The van der Waals surface area contributed by atoms with Gasteiger partial charge in [-0.05, 0) is 58.1 Å². The van der Waals surface area contributed by atoms with Crippen LogP contribution < -0.4 is 4.74 Å². The van der Waals surface area contributed by atoms with Gasteiger partial charge < -0.3 is 9.47 Å². The standard InChI is InChI=1S/C20H23F3N2O2S/c1-11-14(18-24-8-9-28-18)10-15(19(3,4)26-5)17(27-20(21,22)23)16(11)25-12(2)13-6-7-13/h8-10,13H,6-7H2,1-5H3. The summed E-state index contributed by atoms with van der Waals surface area (Å²) in [6, 6.07) is 1.67. The third-order valence-corrected chi connectivity index (χ3v) is 5.81. The Labute approximate surface area is 166 Å². The first-order valence-electron chi connectivity index (χ1n) is 8.97. The van der Waals surface area contributed by atoms with E-state index in [4.69, 9.17) is 4.74 Å². The van der Waals surface area contributed by atoms with Gasteiger partial charge in [-0.25, -0.2) is 4.98 Å². The highest BCUT2D eigenvalue weighted by molar-refractivity contribution is 7.13. The van der Waals surface area contributed by atoms with Crippen LogP contribution in [0.1, 0.15) is 44.7 Å². The summed E-state index contributed by atoms with van der Waals surface area (Å²) < 4.78 is 49.9. The molecule has 1 aliphatic carbocycles. The Balaban J connectivity index is 2.33. The number of nitrogens with zero attached hydrogens (tertiary/aromatic N) is 2. The topological polar surface area (TPSA) is 43.7 Å². The molecule has 1 heterocycles. The van der Waals surface area contributed by atoms with Gasteiger partial charge in [0.05, 0.1) is 5.60 Å². The van der Waals surface area contributed by atoms with Crippen molar-refractivity contribution < 1.29 is 22.6 Å². The van der Waals surface area contributed by atoms with Crippen molar-refractivity contribution in [2.75, 3.05) is 7.11 Å². The third kappa shape index (κ3) is 4.38. The van der Waals surface area contributed by atoms with E-state index in [-0.39, 0.29) is 17.0 Å². The Morgan fingerprint density at radius 2 is 1.96 bits per heavy atom. The molecular weight excluding hydrogens is 389 g/mol. The number of rotatable bonds is 6. The van der Waals surface area contributed by atoms with Crippen molar-refractivity contribution >= 4 is 22.7 Å². The summed E-state index contributed by atoms with van der Waals surface area (Å²) in [4.78, 5) is 8.93. The van der Waals surface area contributed by atoms with E-state index >= 15 is 0 Å². The molecule has 0 N–H and O–H groups in total. The van der Waals surface area contributed by atoms with Crippen LogP contribution >= 0.6 is 11.3 Å². The lowest BCUT2D eigenvalue weighted by atomic mass is 9.91. The number of alkyl halides is 3. The zero-order valence-electron chi connectivity index (χ0n) is 16.5. The maximum Gasteiger partial charge on any atom is 0.573 e. The predicted octanol–water partition coefficient (Wildman–Crippen LogP) is 6.40. The van der Waals surface area contributed by atoms with Gasteiger partial charge in [-0.3, -0.25) is 4.99 Å². The molecule has 28 heavy (non-hydrogen) atoms. The van der Waals surface area contributed by atoms with Gasteiger partial charge in [0.15, 0.2) is 5.75 Å². The Bertz CT molecular complexity index is 886. The maximum absolute atomic E-state index is 13.3. The molecule has 0 unspecified atom stereocenters. The van der Waals surface area contributed by atoms with Gasteiger partial charge in [-0.1, -0.05) is 0 Å². The number of aromatic nitrogens is 1. The summed E-state index contributed by atoms with van der Waals surface area (Å²) in [6.45, 7) is 7.01. The zero-order valence-corrected chi connectivity index (χ0v) is 17.3. The van der Waals surface area contributed by atoms with Crippen molar-refractivity contribution in [2.45, 2.75) is 52.5 Å². The van der Waals surface area contributed by atoms with Crippen LogP contribution in [0, 0.1) is 12.8 Å². The number of hydrogen-bond acceptors (Lipinski definition) is 5. The molecule has 8 heteroatoms. The van der Waals surface area contributed by atoms with Crippen molar-refractivity contribution in [3.8, 4) is 16.3 Å². The summed E-state index contributed by atoms with van der Waals surface area (Å²) in [5.41, 5.74) is 1.60. The van der Waals surface area contributed by atoms with Gasteiger partial charge >= 0.3 is 6.36 Å². The number of hydrogen-bond donors (Lipinski definition) is 0. The van der Waals surface area contributed by atoms with Crippen LogP contribution in [0.3, 0.4) is 0 Å². The van der Waals surface area contributed by atoms with Crippen LogP contribution in [0.5, 0.6) is 5.75 Å². The fraction of sp³-hybridized carbons (Fsp3) is 0.500. The van der Waals surface area contributed by atoms with E-state index in [1.54, 1.807) is 33.0 Å². The summed E-state index contributed by atoms with van der Waals surface area (Å²) in [7, 11) is 1.46. The molecule has 2 aromatic rings. The molecule has 1 aromatic carbocycles. The molecule has 0 radical (unpaired) electrons. The lowest BCUT2D eigenvalue weighted by Crippen LogP contribution is -2.25. The minimum Gasteiger partial charge on any atom is -0.403 e. The number of methoxy groups -OCH3 is 1. The number of aliphatic imine (C=N–C) groups is 1. The number of halogens is 3. The molecule has 1 aromatic heterocycles. The van der Waals surface area contributed by atoms with Gasteiger partial charge in [0.1, 0.15) is 10.7 Å². The quantitative estimate of drug-likeness (QED) is 0.516.